The Kier molecular flexibility index (Phi) is 3.79. The van der Waals surface area contributed by atoms with Crippen molar-refractivity contribution in [2.75, 3.05) is 0 Å². The molecule has 0 aliphatic rings. The largest absolute Gasteiger partial charge is 0.347 e. The molecule has 0 saturated heterocycles. The quantitative estimate of drug-likeness (QED) is 0.413. The highest BCUT2D eigenvalue weighted by Gasteiger charge is 2.20. The van der Waals surface area contributed by atoms with Gasteiger partial charge in [0.25, 0.3) is 0 Å². The van der Waals surface area contributed by atoms with Gasteiger partial charge in [-0.1, -0.05) is 19.8 Å². The number of aromatic amines is 1. The Morgan fingerprint density at radius 1 is 1.24 bits per heavy atom. The van der Waals surface area contributed by atoms with Crippen LogP contribution in [0.1, 0.15) is 26.2 Å². The fourth-order valence-electron chi connectivity index (χ4n) is 2.88. The van der Waals surface area contributed by atoms with Crippen LogP contribution in [0.15, 0.2) is 23.4 Å². The third-order valence-electron chi connectivity index (χ3n) is 4.06. The van der Waals surface area contributed by atoms with Crippen LogP contribution in [-0.4, -0.2) is 46.9 Å². The van der Waals surface area contributed by atoms with Crippen molar-refractivity contribution in [2.24, 2.45) is 0 Å². The van der Waals surface area contributed by atoms with Crippen LogP contribution in [0.3, 0.4) is 0 Å². The molecule has 4 heterocycles. The van der Waals surface area contributed by atoms with Gasteiger partial charge in [0, 0.05) is 12.7 Å². The molecule has 0 aliphatic heterocycles. The van der Waals surface area contributed by atoms with Gasteiger partial charge >= 0.3 is 5.69 Å². The molecule has 0 aromatic carbocycles. The summed E-state index contributed by atoms with van der Waals surface area (Å²) >= 11 is 0. The van der Waals surface area contributed by atoms with Crippen LogP contribution in [0.2, 0.25) is 0 Å². The number of aryl methyl sites for hydroxylation is 1. The first-order valence-electron chi connectivity index (χ1n) is 8.10. The normalized spacial score (nSPS) is 11.6. The molecule has 4 aromatic heterocycles. The van der Waals surface area contributed by atoms with Crippen molar-refractivity contribution in [2.45, 2.75) is 32.7 Å². The predicted molar refractivity (Wildman–Crippen MR) is 92.8 cm³/mol. The number of hydrogen-bond acceptors (Lipinski definition) is 6. The van der Waals surface area contributed by atoms with E-state index in [4.69, 9.17) is 7.85 Å². The van der Waals surface area contributed by atoms with E-state index in [1.807, 2.05) is 0 Å². The summed E-state index contributed by atoms with van der Waals surface area (Å²) in [6.45, 7) is 2.66. The minimum Gasteiger partial charge on any atom is -0.347 e. The third-order valence-corrected chi connectivity index (χ3v) is 4.06. The van der Waals surface area contributed by atoms with Crippen molar-refractivity contribution in [1.82, 2.24) is 39.1 Å². The number of imidazole rings is 1. The van der Waals surface area contributed by atoms with Crippen molar-refractivity contribution in [3.63, 3.8) is 0 Å². The first kappa shape index (κ1) is 15.5. The van der Waals surface area contributed by atoms with Crippen LogP contribution in [0.25, 0.3) is 28.3 Å². The number of nitrogens with one attached hydrogen (secondary N) is 1. The molecule has 0 fully saturated rings. The Labute approximate surface area is 143 Å². The second-order valence-electron chi connectivity index (χ2n) is 5.74. The van der Waals surface area contributed by atoms with Crippen LogP contribution in [0, 0.1) is 0 Å². The van der Waals surface area contributed by atoms with Crippen LogP contribution in [0.4, 0.5) is 0 Å². The summed E-state index contributed by atoms with van der Waals surface area (Å²) in [6, 6.07) is 1.68. The van der Waals surface area contributed by atoms with Crippen LogP contribution >= 0.6 is 0 Å². The highest BCUT2D eigenvalue weighted by Crippen LogP contribution is 2.18. The first-order chi connectivity index (χ1) is 12.2. The summed E-state index contributed by atoms with van der Waals surface area (Å²) in [4.78, 5) is 28.4. The minimum absolute atomic E-state index is 0.235. The Balaban J connectivity index is 2.02. The van der Waals surface area contributed by atoms with Crippen LogP contribution in [-0.2, 0) is 6.54 Å². The lowest BCUT2D eigenvalue weighted by atomic mass is 10.1. The number of hydrogen-bond donors (Lipinski definition) is 1. The zero-order chi connectivity index (χ0) is 17.4. The Bertz CT molecular complexity index is 1100. The molecule has 0 saturated carbocycles. The Morgan fingerprint density at radius 3 is 2.88 bits per heavy atom. The number of unbranched alkanes of at least 4 members (excludes halogenated alkanes) is 2. The van der Waals surface area contributed by atoms with Gasteiger partial charge in [-0.2, -0.15) is 0 Å². The molecule has 4 aromatic rings. The van der Waals surface area contributed by atoms with Crippen LogP contribution in [0.5, 0.6) is 0 Å². The van der Waals surface area contributed by atoms with Gasteiger partial charge in [0.2, 0.25) is 0 Å². The minimum atomic E-state index is -0.260. The average molecular weight is 334 g/mol. The molecule has 0 spiro atoms. The predicted octanol–water partition coefficient (Wildman–Crippen LogP) is 0.208. The highest BCUT2D eigenvalue weighted by atomic mass is 16.1. The van der Waals surface area contributed by atoms with Crippen molar-refractivity contribution in [3.05, 3.63) is 29.1 Å². The van der Waals surface area contributed by atoms with Crippen molar-refractivity contribution < 1.29 is 0 Å². The molecule has 124 valence electrons. The maximum atomic E-state index is 13.1. The molecule has 4 rings (SSSR count). The molecule has 0 amide bonds. The van der Waals surface area contributed by atoms with Gasteiger partial charge in [-0.15, -0.1) is 10.2 Å². The smallest absolute Gasteiger partial charge is 0.337 e. The summed E-state index contributed by atoms with van der Waals surface area (Å²) in [5.41, 5.74) is 1.95. The van der Waals surface area contributed by atoms with Crippen molar-refractivity contribution >= 4 is 30.4 Å². The third kappa shape index (κ3) is 2.50. The fraction of sp³-hybridized carbons (Fsp3) is 0.333. The van der Waals surface area contributed by atoms with E-state index < -0.39 is 0 Å². The van der Waals surface area contributed by atoms with E-state index in [9.17, 15) is 4.79 Å². The number of aromatic nitrogens is 8. The molecule has 9 nitrogen and oxygen atoms in total. The zero-order valence-electron chi connectivity index (χ0n) is 13.7. The molecule has 1 N–H and O–H groups in total. The van der Waals surface area contributed by atoms with Gasteiger partial charge in [0.1, 0.15) is 17.5 Å². The van der Waals surface area contributed by atoms with E-state index in [0.717, 1.165) is 19.3 Å². The summed E-state index contributed by atoms with van der Waals surface area (Å²) < 4.78 is 3.05. The van der Waals surface area contributed by atoms with E-state index in [-0.39, 0.29) is 11.4 Å². The molecule has 0 atom stereocenters. The Morgan fingerprint density at radius 2 is 2.12 bits per heavy atom. The molecule has 0 bridgehead atoms. The zero-order valence-corrected chi connectivity index (χ0v) is 13.7. The van der Waals surface area contributed by atoms with Crippen LogP contribution < -0.4 is 11.4 Å². The number of rotatable bonds is 5. The average Bonchev–Trinajstić information content (AvgIpc) is 3.22. The second kappa shape index (κ2) is 6.12. The number of H-pyrrole nitrogens is 1. The van der Waals surface area contributed by atoms with E-state index >= 15 is 0 Å². The van der Waals surface area contributed by atoms with E-state index in [1.165, 1.54) is 10.7 Å². The SMILES string of the molecule is [B]c1nc2c([nH]1)c1nnc(-c3ccncn3)n1c(=O)n2CCCCC. The summed E-state index contributed by atoms with van der Waals surface area (Å²) in [7, 11) is 5.81. The monoisotopic (exact) mass is 334 g/mol. The molecule has 2 radical (unpaired) electrons. The lowest BCUT2D eigenvalue weighted by molar-refractivity contribution is 0.586. The molecular formula is C15H15BN8O. The second-order valence-corrected chi connectivity index (χ2v) is 5.74. The maximum absolute atomic E-state index is 13.1. The number of fused-ring (bicyclic) bond motifs is 3. The lowest BCUT2D eigenvalue weighted by Crippen LogP contribution is -2.28. The van der Waals surface area contributed by atoms with Gasteiger partial charge in [-0.25, -0.2) is 24.1 Å². The molecule has 25 heavy (non-hydrogen) atoms. The standard InChI is InChI=1S/C15H15BN8O/c1-2-3-4-7-23-12-10(19-14(16)20-12)13-22-21-11(24(13)15(23)25)9-5-6-17-8-18-9/h5-6,8H,2-4,7H2,1H3,(H,19,20). The van der Waals surface area contributed by atoms with E-state index in [1.54, 1.807) is 16.8 Å². The molecule has 10 heteroatoms. The fourth-order valence-corrected chi connectivity index (χ4v) is 2.88. The Hall–Kier alpha value is -3.04. The van der Waals surface area contributed by atoms with Gasteiger partial charge < -0.3 is 4.98 Å². The van der Waals surface area contributed by atoms with Gasteiger partial charge in [0.05, 0.1) is 5.72 Å². The van der Waals surface area contributed by atoms with Crippen molar-refractivity contribution in [3.8, 4) is 11.5 Å². The number of nitrogens with zero attached hydrogens (tertiary/aromatic N) is 7. The molecular weight excluding hydrogens is 319 g/mol. The molecule has 0 aliphatic carbocycles. The molecule has 0 unspecified atom stereocenters. The van der Waals surface area contributed by atoms with E-state index in [2.05, 4.69) is 37.1 Å². The lowest BCUT2D eigenvalue weighted by Gasteiger charge is -2.08. The van der Waals surface area contributed by atoms with Crippen molar-refractivity contribution in [1.29, 1.82) is 0 Å². The summed E-state index contributed by atoms with van der Waals surface area (Å²) in [5.74, 6) is 0.363. The topological polar surface area (TPSA) is 107 Å². The highest BCUT2D eigenvalue weighted by molar-refractivity contribution is 6.30. The summed E-state index contributed by atoms with van der Waals surface area (Å²) in [6.07, 6.45) is 5.95. The van der Waals surface area contributed by atoms with E-state index in [0.29, 0.717) is 34.9 Å². The van der Waals surface area contributed by atoms with Gasteiger partial charge in [0.15, 0.2) is 25.0 Å². The first-order valence-corrected chi connectivity index (χ1v) is 8.10. The van der Waals surface area contributed by atoms with Gasteiger partial charge in [-0.3, -0.25) is 4.57 Å². The maximum Gasteiger partial charge on any atom is 0.337 e. The summed E-state index contributed by atoms with van der Waals surface area (Å²) in [5, 5.41) is 8.29. The van der Waals surface area contributed by atoms with Gasteiger partial charge in [-0.05, 0) is 12.5 Å².